The van der Waals surface area contributed by atoms with Gasteiger partial charge in [-0.2, -0.15) is 8.42 Å². The van der Waals surface area contributed by atoms with Gasteiger partial charge < -0.3 is 9.84 Å². The van der Waals surface area contributed by atoms with E-state index >= 15 is 0 Å². The number of hydrogen-bond acceptors (Lipinski definition) is 5. The molecule has 1 aromatic heterocycles. The zero-order valence-corrected chi connectivity index (χ0v) is 13.7. The van der Waals surface area contributed by atoms with E-state index in [0.29, 0.717) is 5.56 Å². The van der Waals surface area contributed by atoms with Gasteiger partial charge in [0.25, 0.3) is 10.0 Å². The molecule has 8 heteroatoms. The first-order valence-corrected chi connectivity index (χ1v) is 8.18. The van der Waals surface area contributed by atoms with Crippen LogP contribution in [0.3, 0.4) is 0 Å². The highest BCUT2D eigenvalue weighted by molar-refractivity contribution is 7.92. The molecule has 0 aliphatic carbocycles. The van der Waals surface area contributed by atoms with Crippen molar-refractivity contribution in [1.29, 1.82) is 0 Å². The van der Waals surface area contributed by atoms with Gasteiger partial charge in [0.1, 0.15) is 5.75 Å². The summed E-state index contributed by atoms with van der Waals surface area (Å²) in [5, 5.41) is 8.77. The Morgan fingerprint density at radius 1 is 1.29 bits per heavy atom. The molecule has 24 heavy (non-hydrogen) atoms. The third-order valence-electron chi connectivity index (χ3n) is 2.97. The predicted molar refractivity (Wildman–Crippen MR) is 87.6 cm³/mol. The van der Waals surface area contributed by atoms with Crippen molar-refractivity contribution in [3.63, 3.8) is 0 Å². The minimum absolute atomic E-state index is 0.0181. The Morgan fingerprint density at radius 3 is 2.58 bits per heavy atom. The van der Waals surface area contributed by atoms with Crippen molar-refractivity contribution in [1.82, 2.24) is 4.98 Å². The molecule has 0 fully saturated rings. The molecule has 124 valence electrons. The normalized spacial score (nSPS) is 10.4. The number of aromatic nitrogens is 1. The molecule has 0 radical (unpaired) electrons. The van der Waals surface area contributed by atoms with E-state index in [1.165, 1.54) is 37.6 Å². The molecule has 1 heterocycles. The highest BCUT2D eigenvalue weighted by Gasteiger charge is 2.19. The van der Waals surface area contributed by atoms with Crippen LogP contribution in [0.2, 0.25) is 0 Å². The number of carbonyl (C=O) groups is 1. The molecule has 2 N–H and O–H groups in total. The van der Waals surface area contributed by atoms with Crippen molar-refractivity contribution >= 4 is 21.7 Å². The summed E-state index contributed by atoms with van der Waals surface area (Å²) >= 11 is 0. The lowest BCUT2D eigenvalue weighted by molar-refractivity contribution is 0.0696. The van der Waals surface area contributed by atoms with E-state index in [0.717, 1.165) is 0 Å². The van der Waals surface area contributed by atoms with Gasteiger partial charge in [-0.05, 0) is 37.3 Å². The molecule has 0 aliphatic rings. The third-order valence-corrected chi connectivity index (χ3v) is 4.25. The number of carboxylic acids is 1. The zero-order valence-electron chi connectivity index (χ0n) is 12.9. The molecule has 2 aromatic rings. The largest absolute Gasteiger partial charge is 0.495 e. The molecule has 2 rings (SSSR count). The fourth-order valence-electron chi connectivity index (χ4n) is 1.86. The Kier molecular flexibility index (Phi) is 5.06. The second kappa shape index (κ2) is 7.02. The number of carboxylic acid groups (broad SMARTS) is 1. The third kappa shape index (κ3) is 3.83. The van der Waals surface area contributed by atoms with Crippen molar-refractivity contribution < 1.29 is 23.1 Å². The van der Waals surface area contributed by atoms with Gasteiger partial charge in [-0.15, -0.1) is 5.92 Å². The molecule has 0 spiro atoms. The van der Waals surface area contributed by atoms with Crippen LogP contribution >= 0.6 is 0 Å². The van der Waals surface area contributed by atoms with E-state index in [1.54, 1.807) is 13.0 Å². The molecule has 0 amide bonds. The molecular weight excluding hydrogens is 332 g/mol. The van der Waals surface area contributed by atoms with Crippen molar-refractivity contribution in [2.75, 3.05) is 11.8 Å². The van der Waals surface area contributed by atoms with E-state index in [1.807, 2.05) is 0 Å². The second-order valence-corrected chi connectivity index (χ2v) is 6.22. The predicted octanol–water partition coefficient (Wildman–Crippen LogP) is 1.96. The summed E-state index contributed by atoms with van der Waals surface area (Å²) < 4.78 is 32.1. The van der Waals surface area contributed by atoms with Gasteiger partial charge in [0.05, 0.1) is 18.4 Å². The van der Waals surface area contributed by atoms with Crippen molar-refractivity contribution in [2.24, 2.45) is 0 Å². The molecule has 0 aliphatic heterocycles. The molecular formula is C16H14N2O5S. The number of hydrogen-bond donors (Lipinski definition) is 2. The molecule has 7 nitrogen and oxygen atoms in total. The van der Waals surface area contributed by atoms with Crippen LogP contribution in [-0.2, 0) is 10.0 Å². The van der Waals surface area contributed by atoms with Gasteiger partial charge in [0.15, 0.2) is 5.03 Å². The topological polar surface area (TPSA) is 106 Å². The van der Waals surface area contributed by atoms with E-state index in [2.05, 4.69) is 21.5 Å². The summed E-state index contributed by atoms with van der Waals surface area (Å²) in [6, 6.07) is 6.70. The molecule has 0 unspecified atom stereocenters. The SMILES string of the molecule is CC#Cc1ccc(S(=O)(=O)Nc2ccc(C(=O)O)cc2OC)nc1. The van der Waals surface area contributed by atoms with Gasteiger partial charge in [0.2, 0.25) is 0 Å². The molecule has 0 bridgehead atoms. The van der Waals surface area contributed by atoms with Crippen LogP contribution in [0, 0.1) is 11.8 Å². The van der Waals surface area contributed by atoms with Crippen molar-refractivity contribution in [2.45, 2.75) is 11.9 Å². The maximum absolute atomic E-state index is 12.4. The summed E-state index contributed by atoms with van der Waals surface area (Å²) in [6.45, 7) is 1.67. The van der Waals surface area contributed by atoms with Crippen LogP contribution in [0.25, 0.3) is 0 Å². The maximum Gasteiger partial charge on any atom is 0.335 e. The zero-order chi connectivity index (χ0) is 17.7. The fourth-order valence-corrected chi connectivity index (χ4v) is 2.86. The van der Waals surface area contributed by atoms with Crippen LogP contribution in [0.1, 0.15) is 22.8 Å². The standard InChI is InChI=1S/C16H14N2O5S/c1-3-4-11-5-8-15(17-10-11)24(21,22)18-13-7-6-12(16(19)20)9-14(13)23-2/h5-10,18H,1-2H3,(H,19,20). The monoisotopic (exact) mass is 346 g/mol. The first-order valence-electron chi connectivity index (χ1n) is 6.70. The number of nitrogens with zero attached hydrogens (tertiary/aromatic N) is 1. The van der Waals surface area contributed by atoms with Gasteiger partial charge in [-0.1, -0.05) is 5.92 Å². The van der Waals surface area contributed by atoms with Gasteiger partial charge in [-0.25, -0.2) is 9.78 Å². The first-order chi connectivity index (χ1) is 11.4. The molecule has 0 saturated carbocycles. The Bertz CT molecular complexity index is 925. The average Bonchev–Trinajstić information content (AvgIpc) is 2.55. The van der Waals surface area contributed by atoms with Crippen LogP contribution in [-0.4, -0.2) is 31.6 Å². The maximum atomic E-state index is 12.4. The number of nitrogens with one attached hydrogen (secondary N) is 1. The summed E-state index contributed by atoms with van der Waals surface area (Å²) in [6.07, 6.45) is 1.36. The number of benzene rings is 1. The van der Waals surface area contributed by atoms with Crippen molar-refractivity contribution in [3.8, 4) is 17.6 Å². The lowest BCUT2D eigenvalue weighted by Crippen LogP contribution is -2.15. The molecule has 1 aromatic carbocycles. The average molecular weight is 346 g/mol. The number of pyridine rings is 1. The Morgan fingerprint density at radius 2 is 2.04 bits per heavy atom. The highest BCUT2D eigenvalue weighted by Crippen LogP contribution is 2.27. The summed E-state index contributed by atoms with van der Waals surface area (Å²) in [5.74, 6) is 4.41. The van der Waals surface area contributed by atoms with Crippen LogP contribution < -0.4 is 9.46 Å². The number of methoxy groups -OCH3 is 1. The van der Waals surface area contributed by atoms with Crippen molar-refractivity contribution in [3.05, 3.63) is 47.7 Å². The highest BCUT2D eigenvalue weighted by atomic mass is 32.2. The Hall–Kier alpha value is -3.05. The lowest BCUT2D eigenvalue weighted by atomic mass is 10.2. The van der Waals surface area contributed by atoms with E-state index < -0.39 is 16.0 Å². The summed E-state index contributed by atoms with van der Waals surface area (Å²) in [4.78, 5) is 14.8. The fraction of sp³-hybridized carbons (Fsp3) is 0.125. The van der Waals surface area contributed by atoms with E-state index in [9.17, 15) is 13.2 Å². The summed E-state index contributed by atoms with van der Waals surface area (Å²) in [5.41, 5.74) is 0.692. The number of ether oxygens (including phenoxy) is 1. The van der Waals surface area contributed by atoms with Crippen LogP contribution in [0.15, 0.2) is 41.6 Å². The second-order valence-electron chi connectivity index (χ2n) is 4.59. The quantitative estimate of drug-likeness (QED) is 0.802. The van der Waals surface area contributed by atoms with Gasteiger partial charge in [-0.3, -0.25) is 4.72 Å². The smallest absolute Gasteiger partial charge is 0.335 e. The number of aromatic carboxylic acids is 1. The number of rotatable bonds is 5. The van der Waals surface area contributed by atoms with Gasteiger partial charge in [0, 0.05) is 11.8 Å². The Labute approximate surface area is 139 Å². The Balaban J connectivity index is 2.34. The number of sulfonamides is 1. The minimum atomic E-state index is -3.95. The number of anilines is 1. The van der Waals surface area contributed by atoms with Gasteiger partial charge >= 0.3 is 5.97 Å². The van der Waals surface area contributed by atoms with E-state index in [4.69, 9.17) is 9.84 Å². The minimum Gasteiger partial charge on any atom is -0.495 e. The lowest BCUT2D eigenvalue weighted by Gasteiger charge is -2.12. The first kappa shape index (κ1) is 17.3. The summed E-state index contributed by atoms with van der Waals surface area (Å²) in [7, 11) is -2.63. The van der Waals surface area contributed by atoms with E-state index in [-0.39, 0.29) is 22.0 Å². The molecule has 0 atom stereocenters. The van der Waals surface area contributed by atoms with Crippen LogP contribution in [0.4, 0.5) is 5.69 Å². The molecule has 0 saturated heterocycles. The van der Waals surface area contributed by atoms with Crippen LogP contribution in [0.5, 0.6) is 5.75 Å².